The molecule has 0 heterocycles. The summed E-state index contributed by atoms with van der Waals surface area (Å²) >= 11 is 0. The van der Waals surface area contributed by atoms with Crippen molar-refractivity contribution in [1.29, 1.82) is 0 Å². The van der Waals surface area contributed by atoms with Crippen LogP contribution in [0.1, 0.15) is 41.5 Å². The Kier molecular flexibility index (Phi) is 14.9. The summed E-state index contributed by atoms with van der Waals surface area (Å²) in [4.78, 5) is 0. The van der Waals surface area contributed by atoms with E-state index in [1.54, 1.807) is 0 Å². The molecular formula is C10H23IMgO3Si. The molecule has 0 N–H and O–H groups in total. The van der Waals surface area contributed by atoms with Gasteiger partial charge in [0, 0.05) is 18.3 Å². The number of hydrogen-bond acceptors (Lipinski definition) is 3. The SMILES string of the molecule is [CH2-][Si](OC(C)C)(OC(C)C)OC(C)C.[I-].[Mg+2]. The van der Waals surface area contributed by atoms with Crippen LogP contribution in [-0.2, 0) is 13.3 Å². The largest absolute Gasteiger partial charge is 2.00 e. The number of rotatable bonds is 6. The van der Waals surface area contributed by atoms with Gasteiger partial charge in [0.25, 0.3) is 0 Å². The van der Waals surface area contributed by atoms with E-state index in [4.69, 9.17) is 13.3 Å². The maximum Gasteiger partial charge on any atom is 2.00 e. The molecule has 6 heteroatoms. The van der Waals surface area contributed by atoms with Crippen molar-refractivity contribution in [2.75, 3.05) is 0 Å². The zero-order chi connectivity index (χ0) is 11.4. The third kappa shape index (κ3) is 12.1. The van der Waals surface area contributed by atoms with Gasteiger partial charge in [-0.15, -0.1) is 0 Å². The summed E-state index contributed by atoms with van der Waals surface area (Å²) in [6, 6.07) is 0. The summed E-state index contributed by atoms with van der Waals surface area (Å²) in [7, 11) is -2.69. The van der Waals surface area contributed by atoms with Crippen LogP contribution in [0.4, 0.5) is 0 Å². The van der Waals surface area contributed by atoms with Crippen LogP contribution in [0, 0.1) is 6.55 Å². The zero-order valence-electron chi connectivity index (χ0n) is 11.2. The number of halogens is 1. The summed E-state index contributed by atoms with van der Waals surface area (Å²) in [6.07, 6.45) is 0.241. The molecule has 0 amide bonds. The molecule has 0 rings (SSSR count). The standard InChI is InChI=1S/C10H23O3Si.HI.Mg/c1-8(2)11-14(7,12-9(3)4)13-10(5)6;;/h8-10H,7H2,1-6H3;1H;/q-1;;+2/p-1. The molecule has 0 aromatic rings. The van der Waals surface area contributed by atoms with Crippen molar-refractivity contribution in [3.8, 4) is 0 Å². The van der Waals surface area contributed by atoms with Gasteiger partial charge in [0.05, 0.1) is 0 Å². The van der Waals surface area contributed by atoms with E-state index >= 15 is 0 Å². The first-order valence-corrected chi connectivity index (χ1v) is 7.07. The van der Waals surface area contributed by atoms with Crippen molar-refractivity contribution in [2.24, 2.45) is 0 Å². The van der Waals surface area contributed by atoms with Gasteiger partial charge in [-0.2, -0.15) is 0 Å². The van der Waals surface area contributed by atoms with Gasteiger partial charge in [0.15, 0.2) is 0 Å². The molecule has 3 nitrogen and oxygen atoms in total. The Labute approximate surface area is 135 Å². The topological polar surface area (TPSA) is 27.7 Å². The summed E-state index contributed by atoms with van der Waals surface area (Å²) in [5.41, 5.74) is 0. The van der Waals surface area contributed by atoms with E-state index < -0.39 is 8.80 Å². The monoisotopic (exact) mass is 370 g/mol. The van der Waals surface area contributed by atoms with Crippen LogP contribution in [0.3, 0.4) is 0 Å². The van der Waals surface area contributed by atoms with Gasteiger partial charge in [-0.3, -0.25) is 6.55 Å². The molecule has 0 unspecified atom stereocenters. The smallest absolute Gasteiger partial charge is 1.00 e. The molecule has 0 aromatic heterocycles. The van der Waals surface area contributed by atoms with Crippen molar-refractivity contribution < 1.29 is 37.3 Å². The minimum Gasteiger partial charge on any atom is -1.00 e. The average Bonchev–Trinajstić information content (AvgIpc) is 1.76. The maximum atomic E-state index is 5.64. The molecule has 0 saturated carbocycles. The van der Waals surface area contributed by atoms with Crippen molar-refractivity contribution in [3.05, 3.63) is 6.55 Å². The normalized spacial score (nSPS) is 11.6. The quantitative estimate of drug-likeness (QED) is 0.348. The van der Waals surface area contributed by atoms with Crippen LogP contribution in [0.2, 0.25) is 0 Å². The predicted molar refractivity (Wildman–Crippen MR) is 65.5 cm³/mol. The fourth-order valence-corrected chi connectivity index (χ4v) is 3.48. The number of hydrogen-bond donors (Lipinski definition) is 0. The van der Waals surface area contributed by atoms with Gasteiger partial charge in [-0.25, -0.2) is 0 Å². The van der Waals surface area contributed by atoms with Crippen LogP contribution >= 0.6 is 0 Å². The van der Waals surface area contributed by atoms with Crippen molar-refractivity contribution in [1.82, 2.24) is 0 Å². The van der Waals surface area contributed by atoms with Gasteiger partial charge in [-0.1, -0.05) is 0 Å². The molecule has 0 fully saturated rings. The molecular weight excluding hydrogens is 347 g/mol. The molecule has 0 saturated heterocycles. The van der Waals surface area contributed by atoms with E-state index in [0.717, 1.165) is 0 Å². The van der Waals surface area contributed by atoms with Gasteiger partial charge in [-0.05, 0) is 41.5 Å². The molecule has 16 heavy (non-hydrogen) atoms. The molecule has 0 aromatic carbocycles. The Hall–Kier alpha value is 1.59. The van der Waals surface area contributed by atoms with Crippen molar-refractivity contribution >= 4 is 31.9 Å². The van der Waals surface area contributed by atoms with Gasteiger partial charge < -0.3 is 37.3 Å². The molecule has 0 aliphatic heterocycles. The summed E-state index contributed by atoms with van der Waals surface area (Å²) in [6.45, 7) is 15.7. The summed E-state index contributed by atoms with van der Waals surface area (Å²) in [5, 5.41) is 0. The predicted octanol–water partition coefficient (Wildman–Crippen LogP) is -0.803. The third-order valence-electron chi connectivity index (χ3n) is 1.25. The molecule has 0 bridgehead atoms. The Morgan fingerprint density at radius 1 is 0.750 bits per heavy atom. The fourth-order valence-electron chi connectivity index (χ4n) is 1.16. The first-order valence-electron chi connectivity index (χ1n) is 5.14. The van der Waals surface area contributed by atoms with E-state index in [0.29, 0.717) is 0 Å². The molecule has 94 valence electrons. The minimum atomic E-state index is -2.69. The molecule has 0 aliphatic carbocycles. The first kappa shape index (κ1) is 22.7. The summed E-state index contributed by atoms with van der Waals surface area (Å²) < 4.78 is 16.9. The van der Waals surface area contributed by atoms with E-state index in [1.165, 1.54) is 0 Å². The zero-order valence-corrected chi connectivity index (χ0v) is 15.8. The third-order valence-corrected chi connectivity index (χ3v) is 3.74. The van der Waals surface area contributed by atoms with Crippen LogP contribution in [0.25, 0.3) is 0 Å². The van der Waals surface area contributed by atoms with E-state index in [-0.39, 0.29) is 65.3 Å². The summed E-state index contributed by atoms with van der Waals surface area (Å²) in [5.74, 6) is 0. The van der Waals surface area contributed by atoms with Crippen molar-refractivity contribution in [2.45, 2.75) is 59.9 Å². The average molecular weight is 371 g/mol. The van der Waals surface area contributed by atoms with Crippen LogP contribution in [-0.4, -0.2) is 50.2 Å². The van der Waals surface area contributed by atoms with E-state index in [2.05, 4.69) is 6.55 Å². The van der Waals surface area contributed by atoms with Crippen LogP contribution < -0.4 is 24.0 Å². The Morgan fingerprint density at radius 2 is 0.938 bits per heavy atom. The molecule has 0 spiro atoms. The first-order chi connectivity index (χ1) is 6.25. The Bertz CT molecular complexity index is 142. The second-order valence-electron chi connectivity index (χ2n) is 4.18. The molecule has 0 radical (unpaired) electrons. The molecule has 0 atom stereocenters. The Balaban J connectivity index is -0.000000845. The van der Waals surface area contributed by atoms with Gasteiger partial charge in [0.2, 0.25) is 0 Å². The van der Waals surface area contributed by atoms with Gasteiger partial charge >= 0.3 is 31.9 Å². The van der Waals surface area contributed by atoms with Crippen molar-refractivity contribution in [3.63, 3.8) is 0 Å². The minimum absolute atomic E-state index is 0. The Morgan fingerprint density at radius 3 is 1.06 bits per heavy atom. The second kappa shape index (κ2) is 10.5. The second-order valence-corrected chi connectivity index (χ2v) is 6.26. The fraction of sp³-hybridized carbons (Fsp3) is 0.900. The van der Waals surface area contributed by atoms with E-state index in [9.17, 15) is 0 Å². The maximum absolute atomic E-state index is 5.64. The van der Waals surface area contributed by atoms with Crippen LogP contribution in [0.5, 0.6) is 0 Å². The van der Waals surface area contributed by atoms with E-state index in [1.807, 2.05) is 41.5 Å². The van der Waals surface area contributed by atoms with Gasteiger partial charge in [0.1, 0.15) is 0 Å². The van der Waals surface area contributed by atoms with Crippen LogP contribution in [0.15, 0.2) is 0 Å². The molecule has 0 aliphatic rings.